The molecular weight excluding hydrogens is 240 g/mol. The van der Waals surface area contributed by atoms with Gasteiger partial charge >= 0.3 is 0 Å². The van der Waals surface area contributed by atoms with Crippen molar-refractivity contribution in [2.75, 3.05) is 11.1 Å². The summed E-state index contributed by atoms with van der Waals surface area (Å²) in [4.78, 5) is 15.4. The molecule has 6 heteroatoms. The SMILES string of the molecule is Nc1ccc(C(=O)Nc2cc(F)ccc2F)cn1. The molecule has 0 aliphatic carbocycles. The molecule has 1 heterocycles. The zero-order valence-electron chi connectivity index (χ0n) is 9.15. The second-order valence-electron chi connectivity index (χ2n) is 3.55. The molecule has 3 N–H and O–H groups in total. The topological polar surface area (TPSA) is 68.0 Å². The van der Waals surface area contributed by atoms with Crippen LogP contribution in [0.3, 0.4) is 0 Å². The van der Waals surface area contributed by atoms with Crippen molar-refractivity contribution in [2.45, 2.75) is 0 Å². The van der Waals surface area contributed by atoms with Gasteiger partial charge in [0.2, 0.25) is 0 Å². The number of hydrogen-bond donors (Lipinski definition) is 2. The molecule has 4 nitrogen and oxygen atoms in total. The predicted octanol–water partition coefficient (Wildman–Crippen LogP) is 2.19. The highest BCUT2D eigenvalue weighted by molar-refractivity contribution is 6.04. The van der Waals surface area contributed by atoms with Crippen molar-refractivity contribution < 1.29 is 13.6 Å². The molecule has 1 aromatic heterocycles. The van der Waals surface area contributed by atoms with Crippen molar-refractivity contribution in [1.82, 2.24) is 4.98 Å². The third-order valence-corrected chi connectivity index (χ3v) is 2.23. The summed E-state index contributed by atoms with van der Waals surface area (Å²) < 4.78 is 26.2. The van der Waals surface area contributed by atoms with Gasteiger partial charge in [-0.05, 0) is 24.3 Å². The van der Waals surface area contributed by atoms with Crippen LogP contribution in [0.1, 0.15) is 10.4 Å². The highest BCUT2D eigenvalue weighted by Gasteiger charge is 2.10. The minimum absolute atomic E-state index is 0.202. The van der Waals surface area contributed by atoms with Gasteiger partial charge in [-0.2, -0.15) is 0 Å². The van der Waals surface area contributed by atoms with Crippen molar-refractivity contribution >= 4 is 17.4 Å². The first-order valence-electron chi connectivity index (χ1n) is 5.04. The first-order valence-corrected chi connectivity index (χ1v) is 5.04. The van der Waals surface area contributed by atoms with Crippen LogP contribution in [0, 0.1) is 11.6 Å². The van der Waals surface area contributed by atoms with E-state index in [2.05, 4.69) is 10.3 Å². The van der Waals surface area contributed by atoms with Gasteiger partial charge < -0.3 is 11.1 Å². The van der Waals surface area contributed by atoms with Gasteiger partial charge in [0.05, 0.1) is 11.3 Å². The molecule has 92 valence electrons. The fraction of sp³-hybridized carbons (Fsp3) is 0. The normalized spacial score (nSPS) is 10.1. The minimum Gasteiger partial charge on any atom is -0.384 e. The molecule has 0 aliphatic heterocycles. The van der Waals surface area contributed by atoms with Crippen LogP contribution < -0.4 is 11.1 Å². The van der Waals surface area contributed by atoms with Crippen LogP contribution in [0.5, 0.6) is 0 Å². The zero-order chi connectivity index (χ0) is 13.1. The average Bonchev–Trinajstić information content (AvgIpc) is 2.34. The maximum absolute atomic E-state index is 13.3. The Labute approximate surface area is 101 Å². The van der Waals surface area contributed by atoms with E-state index in [1.54, 1.807) is 0 Å². The fourth-order valence-corrected chi connectivity index (χ4v) is 1.33. The van der Waals surface area contributed by atoms with Crippen LogP contribution >= 0.6 is 0 Å². The van der Waals surface area contributed by atoms with Gasteiger partial charge in [-0.3, -0.25) is 4.79 Å². The van der Waals surface area contributed by atoms with Crippen LogP contribution in [-0.2, 0) is 0 Å². The molecule has 0 saturated heterocycles. The smallest absolute Gasteiger partial charge is 0.257 e. The molecule has 0 unspecified atom stereocenters. The van der Waals surface area contributed by atoms with E-state index in [0.717, 1.165) is 18.2 Å². The van der Waals surface area contributed by atoms with Gasteiger partial charge in [0.1, 0.15) is 17.5 Å². The van der Waals surface area contributed by atoms with E-state index in [9.17, 15) is 13.6 Å². The molecule has 2 rings (SSSR count). The monoisotopic (exact) mass is 249 g/mol. The summed E-state index contributed by atoms with van der Waals surface area (Å²) in [6.45, 7) is 0. The van der Waals surface area contributed by atoms with E-state index in [-0.39, 0.29) is 17.1 Å². The van der Waals surface area contributed by atoms with E-state index in [0.29, 0.717) is 0 Å². The minimum atomic E-state index is -0.715. The quantitative estimate of drug-likeness (QED) is 0.857. The molecule has 0 aliphatic rings. The second-order valence-corrected chi connectivity index (χ2v) is 3.55. The Morgan fingerprint density at radius 1 is 1.22 bits per heavy atom. The lowest BCUT2D eigenvalue weighted by Gasteiger charge is -2.06. The van der Waals surface area contributed by atoms with Crippen LogP contribution in [-0.4, -0.2) is 10.9 Å². The number of nitrogens with one attached hydrogen (secondary N) is 1. The van der Waals surface area contributed by atoms with Gasteiger partial charge in [-0.25, -0.2) is 13.8 Å². The molecule has 0 bridgehead atoms. The number of nitrogens with zero attached hydrogens (tertiary/aromatic N) is 1. The number of carbonyl (C=O) groups is 1. The maximum atomic E-state index is 13.3. The first-order chi connectivity index (χ1) is 8.56. The number of halogens is 2. The number of amides is 1. The Hall–Kier alpha value is -2.50. The molecule has 0 atom stereocenters. The molecule has 0 radical (unpaired) electrons. The Morgan fingerprint density at radius 3 is 2.67 bits per heavy atom. The van der Waals surface area contributed by atoms with E-state index < -0.39 is 17.5 Å². The number of rotatable bonds is 2. The molecule has 1 amide bonds. The summed E-state index contributed by atoms with van der Waals surface area (Å²) in [5.74, 6) is -1.68. The summed E-state index contributed by atoms with van der Waals surface area (Å²) in [5, 5.41) is 2.25. The van der Waals surface area contributed by atoms with Crippen molar-refractivity contribution in [1.29, 1.82) is 0 Å². The van der Waals surface area contributed by atoms with Gasteiger partial charge in [-0.1, -0.05) is 0 Å². The third-order valence-electron chi connectivity index (χ3n) is 2.23. The lowest BCUT2D eigenvalue weighted by Crippen LogP contribution is -2.13. The van der Waals surface area contributed by atoms with Crippen molar-refractivity contribution in [2.24, 2.45) is 0 Å². The van der Waals surface area contributed by atoms with Crippen molar-refractivity contribution in [3.63, 3.8) is 0 Å². The van der Waals surface area contributed by atoms with Crippen LogP contribution in [0.15, 0.2) is 36.5 Å². The van der Waals surface area contributed by atoms with E-state index in [4.69, 9.17) is 5.73 Å². The molecular formula is C12H9F2N3O. The Morgan fingerprint density at radius 2 is 2.00 bits per heavy atom. The van der Waals surface area contributed by atoms with Gasteiger partial charge in [0, 0.05) is 12.3 Å². The molecule has 0 fully saturated rings. The van der Waals surface area contributed by atoms with Gasteiger partial charge in [0.25, 0.3) is 5.91 Å². The number of benzene rings is 1. The number of anilines is 2. The van der Waals surface area contributed by atoms with E-state index >= 15 is 0 Å². The van der Waals surface area contributed by atoms with Gasteiger partial charge in [-0.15, -0.1) is 0 Å². The lowest BCUT2D eigenvalue weighted by molar-refractivity contribution is 0.102. The highest BCUT2D eigenvalue weighted by atomic mass is 19.1. The number of nitrogen functional groups attached to an aromatic ring is 1. The van der Waals surface area contributed by atoms with E-state index in [1.807, 2.05) is 0 Å². The fourth-order valence-electron chi connectivity index (χ4n) is 1.33. The summed E-state index contributed by atoms with van der Waals surface area (Å²) in [6, 6.07) is 5.69. The molecule has 1 aromatic carbocycles. The molecule has 0 spiro atoms. The van der Waals surface area contributed by atoms with Crippen LogP contribution in [0.4, 0.5) is 20.3 Å². The highest BCUT2D eigenvalue weighted by Crippen LogP contribution is 2.16. The maximum Gasteiger partial charge on any atom is 0.257 e. The summed E-state index contributed by atoms with van der Waals surface area (Å²) in [7, 11) is 0. The van der Waals surface area contributed by atoms with Crippen LogP contribution in [0.25, 0.3) is 0 Å². The Balaban J connectivity index is 2.21. The number of pyridine rings is 1. The number of carbonyl (C=O) groups excluding carboxylic acids is 1. The standard InChI is InChI=1S/C12H9F2N3O/c13-8-2-3-9(14)10(5-8)17-12(18)7-1-4-11(15)16-6-7/h1-6H,(H2,15,16)(H,17,18). The number of hydrogen-bond acceptors (Lipinski definition) is 3. The molecule has 18 heavy (non-hydrogen) atoms. The van der Waals surface area contributed by atoms with Gasteiger partial charge in [0.15, 0.2) is 0 Å². The Bertz CT molecular complexity index is 584. The lowest BCUT2D eigenvalue weighted by atomic mass is 10.2. The molecule has 2 aromatic rings. The largest absolute Gasteiger partial charge is 0.384 e. The summed E-state index contributed by atoms with van der Waals surface area (Å²) in [6.07, 6.45) is 1.25. The zero-order valence-corrected chi connectivity index (χ0v) is 9.15. The van der Waals surface area contributed by atoms with Crippen LogP contribution in [0.2, 0.25) is 0 Å². The van der Waals surface area contributed by atoms with Crippen molar-refractivity contribution in [3.8, 4) is 0 Å². The number of aromatic nitrogens is 1. The average molecular weight is 249 g/mol. The molecule has 0 saturated carbocycles. The van der Waals surface area contributed by atoms with Crippen molar-refractivity contribution in [3.05, 3.63) is 53.7 Å². The summed E-state index contributed by atoms with van der Waals surface area (Å²) in [5.41, 5.74) is 5.35. The van der Waals surface area contributed by atoms with E-state index in [1.165, 1.54) is 18.3 Å². The second kappa shape index (κ2) is 4.79. The third kappa shape index (κ3) is 2.60. The predicted molar refractivity (Wildman–Crippen MR) is 63.0 cm³/mol. The first kappa shape index (κ1) is 12.0. The Kier molecular flexibility index (Phi) is 3.18. The number of nitrogens with two attached hydrogens (primary N) is 1. The summed E-state index contributed by atoms with van der Waals surface area (Å²) >= 11 is 0.